The maximum atomic E-state index is 12.3. The summed E-state index contributed by atoms with van der Waals surface area (Å²) < 4.78 is 0. The summed E-state index contributed by atoms with van der Waals surface area (Å²) in [5.41, 5.74) is 0.999. The van der Waals surface area contributed by atoms with E-state index in [1.807, 2.05) is 13.8 Å². The first kappa shape index (κ1) is 13.9. The van der Waals surface area contributed by atoms with Crippen LogP contribution in [0.25, 0.3) is 0 Å². The number of rotatable bonds is 4. The molecule has 0 unspecified atom stereocenters. The fourth-order valence-corrected chi connectivity index (χ4v) is 1.76. The van der Waals surface area contributed by atoms with Crippen LogP contribution in [0, 0.1) is 0 Å². The molecule has 0 radical (unpaired) electrons. The maximum Gasteiger partial charge on any atom is 0.259 e. The van der Waals surface area contributed by atoms with E-state index in [0.717, 1.165) is 0 Å². The zero-order valence-corrected chi connectivity index (χ0v) is 11.4. The number of benzene rings is 1. The summed E-state index contributed by atoms with van der Waals surface area (Å²) in [6.45, 7) is 3.96. The topological polar surface area (TPSA) is 74.2 Å². The number of aromatic hydroxyl groups is 1. The number of nitrogens with zero attached hydrogens (tertiary/aromatic N) is 1. The average Bonchev–Trinajstić information content (AvgIpc) is 2.38. The van der Waals surface area contributed by atoms with Gasteiger partial charge < -0.3 is 15.7 Å². The van der Waals surface area contributed by atoms with Gasteiger partial charge >= 0.3 is 0 Å². The van der Waals surface area contributed by atoms with Gasteiger partial charge in [0.25, 0.3) is 5.91 Å². The third kappa shape index (κ3) is 3.47. The van der Waals surface area contributed by atoms with Crippen LogP contribution in [0.3, 0.4) is 0 Å². The van der Waals surface area contributed by atoms with Crippen molar-refractivity contribution in [2.75, 3.05) is 10.6 Å². The molecule has 20 heavy (non-hydrogen) atoms. The van der Waals surface area contributed by atoms with E-state index in [4.69, 9.17) is 0 Å². The molecule has 1 heterocycles. The lowest BCUT2D eigenvalue weighted by Crippen LogP contribution is -2.18. The van der Waals surface area contributed by atoms with Gasteiger partial charge in [-0.05, 0) is 38.1 Å². The van der Waals surface area contributed by atoms with Crippen molar-refractivity contribution >= 4 is 17.4 Å². The highest BCUT2D eigenvalue weighted by atomic mass is 16.3. The van der Waals surface area contributed by atoms with Gasteiger partial charge in [0, 0.05) is 24.0 Å². The van der Waals surface area contributed by atoms with Crippen molar-refractivity contribution in [3.05, 3.63) is 48.2 Å². The lowest BCUT2D eigenvalue weighted by molar-refractivity contribution is 0.102. The average molecular weight is 271 g/mol. The number of aromatic nitrogens is 1. The Hall–Kier alpha value is -2.56. The van der Waals surface area contributed by atoms with Gasteiger partial charge in [0.1, 0.15) is 11.6 Å². The minimum atomic E-state index is -0.271. The minimum absolute atomic E-state index is 0.106. The molecule has 0 aliphatic rings. The quantitative estimate of drug-likeness (QED) is 0.799. The van der Waals surface area contributed by atoms with E-state index in [2.05, 4.69) is 15.6 Å². The van der Waals surface area contributed by atoms with Gasteiger partial charge in [-0.25, -0.2) is 4.98 Å². The highest BCUT2D eigenvalue weighted by Gasteiger charge is 2.13. The van der Waals surface area contributed by atoms with Crippen molar-refractivity contribution in [3.8, 4) is 5.75 Å². The first-order valence-corrected chi connectivity index (χ1v) is 6.38. The normalized spacial score (nSPS) is 10.3. The molecule has 3 N–H and O–H groups in total. The number of amides is 1. The van der Waals surface area contributed by atoms with E-state index in [0.29, 0.717) is 17.1 Å². The number of anilines is 2. The molecule has 0 aliphatic carbocycles. The molecule has 2 rings (SSSR count). The van der Waals surface area contributed by atoms with E-state index < -0.39 is 0 Å². The zero-order chi connectivity index (χ0) is 14.5. The standard InChI is InChI=1S/C15H17N3O2/c1-10(2)17-14-13(7-4-8-16-14)15(20)18-11-5-3-6-12(19)9-11/h3-10,19H,1-2H3,(H,16,17)(H,18,20). The lowest BCUT2D eigenvalue weighted by Gasteiger charge is -2.13. The van der Waals surface area contributed by atoms with Crippen LogP contribution in [-0.4, -0.2) is 22.0 Å². The first-order valence-electron chi connectivity index (χ1n) is 6.38. The largest absolute Gasteiger partial charge is 0.508 e. The first-order chi connectivity index (χ1) is 9.56. The molecule has 1 aromatic carbocycles. The Labute approximate surface area is 117 Å². The van der Waals surface area contributed by atoms with Gasteiger partial charge in [-0.1, -0.05) is 6.07 Å². The number of carbonyl (C=O) groups excluding carboxylic acids is 1. The molecule has 0 saturated carbocycles. The molecule has 2 aromatic rings. The van der Waals surface area contributed by atoms with Crippen LogP contribution in [0.5, 0.6) is 5.75 Å². The third-order valence-electron chi connectivity index (χ3n) is 2.58. The summed E-state index contributed by atoms with van der Waals surface area (Å²) in [5.74, 6) is 0.376. The molecule has 104 valence electrons. The summed E-state index contributed by atoms with van der Waals surface area (Å²) in [6.07, 6.45) is 1.63. The second-order valence-corrected chi connectivity index (χ2v) is 4.70. The Morgan fingerprint density at radius 3 is 2.75 bits per heavy atom. The zero-order valence-electron chi connectivity index (χ0n) is 11.4. The van der Waals surface area contributed by atoms with Gasteiger partial charge in [-0.3, -0.25) is 4.79 Å². The van der Waals surface area contributed by atoms with Crippen molar-refractivity contribution in [3.63, 3.8) is 0 Å². The molecule has 0 bridgehead atoms. The minimum Gasteiger partial charge on any atom is -0.508 e. The number of pyridine rings is 1. The molecule has 1 aromatic heterocycles. The van der Waals surface area contributed by atoms with Crippen molar-refractivity contribution in [1.82, 2.24) is 4.98 Å². The predicted octanol–water partition coefficient (Wildman–Crippen LogP) is 2.86. The van der Waals surface area contributed by atoms with E-state index in [-0.39, 0.29) is 17.7 Å². The smallest absolute Gasteiger partial charge is 0.259 e. The molecule has 0 atom stereocenters. The molecule has 0 aliphatic heterocycles. The molecule has 1 amide bonds. The maximum absolute atomic E-state index is 12.3. The van der Waals surface area contributed by atoms with Crippen LogP contribution in [0.4, 0.5) is 11.5 Å². The number of carbonyl (C=O) groups is 1. The summed E-state index contributed by atoms with van der Waals surface area (Å²) in [6, 6.07) is 10.0. The molecular weight excluding hydrogens is 254 g/mol. The summed E-state index contributed by atoms with van der Waals surface area (Å²) in [4.78, 5) is 16.4. The fourth-order valence-electron chi connectivity index (χ4n) is 1.76. The van der Waals surface area contributed by atoms with E-state index in [1.54, 1.807) is 36.5 Å². The Morgan fingerprint density at radius 1 is 1.25 bits per heavy atom. The predicted molar refractivity (Wildman–Crippen MR) is 79.1 cm³/mol. The second-order valence-electron chi connectivity index (χ2n) is 4.70. The van der Waals surface area contributed by atoms with Gasteiger partial charge in [0.05, 0.1) is 5.56 Å². The number of nitrogens with one attached hydrogen (secondary N) is 2. The molecular formula is C15H17N3O2. The SMILES string of the molecule is CC(C)Nc1ncccc1C(=O)Nc1cccc(O)c1. The Morgan fingerprint density at radius 2 is 2.05 bits per heavy atom. The highest BCUT2D eigenvalue weighted by molar-refractivity contribution is 6.07. The van der Waals surface area contributed by atoms with Gasteiger partial charge in [-0.2, -0.15) is 0 Å². The summed E-state index contributed by atoms with van der Waals surface area (Å²) in [5, 5.41) is 15.3. The molecule has 0 spiro atoms. The van der Waals surface area contributed by atoms with E-state index >= 15 is 0 Å². The number of hydrogen-bond acceptors (Lipinski definition) is 4. The van der Waals surface area contributed by atoms with Gasteiger partial charge in [0.15, 0.2) is 0 Å². The van der Waals surface area contributed by atoms with Crippen LogP contribution in [0.2, 0.25) is 0 Å². The van der Waals surface area contributed by atoms with Crippen LogP contribution in [-0.2, 0) is 0 Å². The Balaban J connectivity index is 2.21. The van der Waals surface area contributed by atoms with Crippen LogP contribution >= 0.6 is 0 Å². The number of hydrogen-bond donors (Lipinski definition) is 3. The lowest BCUT2D eigenvalue weighted by atomic mass is 10.2. The third-order valence-corrected chi connectivity index (χ3v) is 2.58. The number of phenols is 1. The van der Waals surface area contributed by atoms with Crippen LogP contribution in [0.15, 0.2) is 42.6 Å². The van der Waals surface area contributed by atoms with Crippen molar-refractivity contribution in [2.45, 2.75) is 19.9 Å². The van der Waals surface area contributed by atoms with Gasteiger partial charge in [-0.15, -0.1) is 0 Å². The summed E-state index contributed by atoms with van der Waals surface area (Å²) >= 11 is 0. The van der Waals surface area contributed by atoms with Gasteiger partial charge in [0.2, 0.25) is 0 Å². The van der Waals surface area contributed by atoms with E-state index in [1.165, 1.54) is 6.07 Å². The number of phenolic OH excluding ortho intramolecular Hbond substituents is 1. The van der Waals surface area contributed by atoms with Crippen LogP contribution in [0.1, 0.15) is 24.2 Å². The van der Waals surface area contributed by atoms with E-state index in [9.17, 15) is 9.90 Å². The molecule has 0 fully saturated rings. The monoisotopic (exact) mass is 271 g/mol. The summed E-state index contributed by atoms with van der Waals surface area (Å²) in [7, 11) is 0. The van der Waals surface area contributed by atoms with Crippen LogP contribution < -0.4 is 10.6 Å². The highest BCUT2D eigenvalue weighted by Crippen LogP contribution is 2.18. The fraction of sp³-hybridized carbons (Fsp3) is 0.200. The molecule has 5 nitrogen and oxygen atoms in total. The Kier molecular flexibility index (Phi) is 4.20. The molecule has 0 saturated heterocycles. The Bertz CT molecular complexity index is 612. The second kappa shape index (κ2) is 6.06. The van der Waals surface area contributed by atoms with Crippen molar-refractivity contribution in [2.24, 2.45) is 0 Å². The molecule has 5 heteroatoms. The van der Waals surface area contributed by atoms with Crippen molar-refractivity contribution in [1.29, 1.82) is 0 Å². The van der Waals surface area contributed by atoms with Crippen molar-refractivity contribution < 1.29 is 9.90 Å².